The highest BCUT2D eigenvalue weighted by Crippen LogP contribution is 2.20. The van der Waals surface area contributed by atoms with E-state index in [4.69, 9.17) is 9.47 Å². The first kappa shape index (κ1) is 13.1. The summed E-state index contributed by atoms with van der Waals surface area (Å²) in [5, 5.41) is 2.89. The number of benzene rings is 1. The predicted molar refractivity (Wildman–Crippen MR) is 68.9 cm³/mol. The normalized spacial score (nSPS) is 10.1. The molecule has 0 radical (unpaired) electrons. The number of hydrogen-bond donors (Lipinski definition) is 1. The highest BCUT2D eigenvalue weighted by atomic mass is 19.1. The second kappa shape index (κ2) is 5.99. The van der Waals surface area contributed by atoms with Gasteiger partial charge < -0.3 is 14.8 Å². The molecular formula is C13H14FN3O2. The summed E-state index contributed by atoms with van der Waals surface area (Å²) < 4.78 is 23.6. The fourth-order valence-electron chi connectivity index (χ4n) is 1.60. The lowest BCUT2D eigenvalue weighted by molar-refractivity contribution is 0.377. The van der Waals surface area contributed by atoms with E-state index < -0.39 is 5.82 Å². The summed E-state index contributed by atoms with van der Waals surface area (Å²) in [6.07, 6.45) is 1.07. The Balaban J connectivity index is 2.14. The largest absolute Gasteiger partial charge is 0.496 e. The molecule has 1 N–H and O–H groups in total. The Kier molecular flexibility index (Phi) is 4.12. The molecule has 0 saturated carbocycles. The van der Waals surface area contributed by atoms with Gasteiger partial charge in [0.25, 0.3) is 0 Å². The number of hydrogen-bond acceptors (Lipinski definition) is 5. The molecule has 0 saturated heterocycles. The highest BCUT2D eigenvalue weighted by Gasteiger charge is 2.08. The Morgan fingerprint density at radius 3 is 2.74 bits per heavy atom. The molecule has 0 bridgehead atoms. The number of aromatic nitrogens is 2. The molecule has 0 aliphatic heterocycles. The number of nitrogens with zero attached hydrogens (tertiary/aromatic N) is 2. The van der Waals surface area contributed by atoms with Crippen LogP contribution >= 0.6 is 0 Å². The third-order valence-corrected chi connectivity index (χ3v) is 2.54. The second-order valence-corrected chi connectivity index (χ2v) is 3.72. The van der Waals surface area contributed by atoms with E-state index in [-0.39, 0.29) is 11.8 Å². The third kappa shape index (κ3) is 3.09. The highest BCUT2D eigenvalue weighted by molar-refractivity contribution is 5.40. The Labute approximate surface area is 110 Å². The summed E-state index contributed by atoms with van der Waals surface area (Å²) in [6.45, 7) is 0.390. The van der Waals surface area contributed by atoms with Gasteiger partial charge in [-0.25, -0.2) is 9.37 Å². The quantitative estimate of drug-likeness (QED) is 0.896. The fraction of sp³-hybridized carbons (Fsp3) is 0.231. The van der Waals surface area contributed by atoms with Gasteiger partial charge in [0.15, 0.2) is 11.6 Å². The van der Waals surface area contributed by atoms with Crippen LogP contribution < -0.4 is 14.8 Å². The monoisotopic (exact) mass is 263 g/mol. The van der Waals surface area contributed by atoms with E-state index in [2.05, 4.69) is 15.3 Å². The molecule has 0 unspecified atom stereocenters. The molecule has 1 aromatic carbocycles. The van der Waals surface area contributed by atoms with Crippen LogP contribution in [0.3, 0.4) is 0 Å². The average molecular weight is 263 g/mol. The second-order valence-electron chi connectivity index (χ2n) is 3.72. The minimum atomic E-state index is -0.532. The Morgan fingerprint density at radius 1 is 1.21 bits per heavy atom. The molecule has 1 aromatic heterocycles. The number of halogens is 1. The summed E-state index contributed by atoms with van der Waals surface area (Å²) >= 11 is 0. The van der Waals surface area contributed by atoms with E-state index in [1.54, 1.807) is 7.11 Å². The topological polar surface area (TPSA) is 56.3 Å². The lowest BCUT2D eigenvalue weighted by Gasteiger charge is -2.10. The Bertz CT molecular complexity index is 563. The molecule has 2 rings (SSSR count). The van der Waals surface area contributed by atoms with Crippen LogP contribution in [0.4, 0.5) is 10.2 Å². The number of methoxy groups -OCH3 is 2. The minimum Gasteiger partial charge on any atom is -0.496 e. The van der Waals surface area contributed by atoms with E-state index in [0.717, 1.165) is 17.5 Å². The van der Waals surface area contributed by atoms with Crippen LogP contribution in [0.25, 0.3) is 0 Å². The van der Waals surface area contributed by atoms with Crippen molar-refractivity contribution in [3.63, 3.8) is 0 Å². The molecule has 100 valence electrons. The summed E-state index contributed by atoms with van der Waals surface area (Å²) in [6, 6.07) is 7.60. The number of para-hydroxylation sites is 1. The first-order valence-corrected chi connectivity index (χ1v) is 5.67. The van der Waals surface area contributed by atoms with Crippen LogP contribution in [0.1, 0.15) is 5.56 Å². The summed E-state index contributed by atoms with van der Waals surface area (Å²) in [7, 11) is 3.02. The van der Waals surface area contributed by atoms with Gasteiger partial charge in [-0.15, -0.1) is 0 Å². The van der Waals surface area contributed by atoms with Gasteiger partial charge in [0, 0.05) is 12.1 Å². The van der Waals surface area contributed by atoms with Crippen molar-refractivity contribution in [2.24, 2.45) is 0 Å². The van der Waals surface area contributed by atoms with Crippen molar-refractivity contribution >= 4 is 5.82 Å². The van der Waals surface area contributed by atoms with Gasteiger partial charge in [-0.3, -0.25) is 0 Å². The van der Waals surface area contributed by atoms with Gasteiger partial charge in [0.05, 0.1) is 20.4 Å². The minimum absolute atomic E-state index is 0.0951. The van der Waals surface area contributed by atoms with Gasteiger partial charge in [0.2, 0.25) is 0 Å². The van der Waals surface area contributed by atoms with E-state index in [9.17, 15) is 4.39 Å². The van der Waals surface area contributed by atoms with E-state index in [1.165, 1.54) is 7.11 Å². The molecule has 1 heterocycles. The van der Waals surface area contributed by atoms with Crippen molar-refractivity contribution in [2.75, 3.05) is 19.5 Å². The van der Waals surface area contributed by atoms with Crippen LogP contribution in [0.5, 0.6) is 11.8 Å². The number of ether oxygens (including phenoxy) is 2. The van der Waals surface area contributed by atoms with E-state index in [0.29, 0.717) is 6.54 Å². The molecule has 0 fully saturated rings. The Morgan fingerprint density at radius 2 is 2.00 bits per heavy atom. The average Bonchev–Trinajstić information content (AvgIpc) is 2.46. The molecule has 19 heavy (non-hydrogen) atoms. The summed E-state index contributed by atoms with van der Waals surface area (Å²) in [4.78, 5) is 7.57. The van der Waals surface area contributed by atoms with Crippen LogP contribution in [-0.4, -0.2) is 24.2 Å². The molecule has 5 nitrogen and oxygen atoms in total. The number of anilines is 1. The Hall–Kier alpha value is -2.37. The lowest BCUT2D eigenvalue weighted by Crippen LogP contribution is -2.06. The van der Waals surface area contributed by atoms with Gasteiger partial charge >= 0.3 is 6.01 Å². The molecule has 0 spiro atoms. The van der Waals surface area contributed by atoms with Gasteiger partial charge in [-0.2, -0.15) is 4.98 Å². The maximum atomic E-state index is 13.5. The zero-order valence-electron chi connectivity index (χ0n) is 10.7. The maximum Gasteiger partial charge on any atom is 0.318 e. The van der Waals surface area contributed by atoms with Gasteiger partial charge in [-0.05, 0) is 6.07 Å². The van der Waals surface area contributed by atoms with Gasteiger partial charge in [-0.1, -0.05) is 18.2 Å². The zero-order chi connectivity index (χ0) is 13.7. The van der Waals surface area contributed by atoms with Crippen molar-refractivity contribution in [1.82, 2.24) is 9.97 Å². The van der Waals surface area contributed by atoms with E-state index in [1.807, 2.05) is 24.3 Å². The molecule has 2 aromatic rings. The lowest BCUT2D eigenvalue weighted by atomic mass is 10.2. The summed E-state index contributed by atoms with van der Waals surface area (Å²) in [5.74, 6) is 0.296. The maximum absolute atomic E-state index is 13.5. The van der Waals surface area contributed by atoms with Crippen LogP contribution in [-0.2, 0) is 6.54 Å². The number of rotatable bonds is 5. The molecule has 0 amide bonds. The van der Waals surface area contributed by atoms with Gasteiger partial charge in [0.1, 0.15) is 5.75 Å². The fourth-order valence-corrected chi connectivity index (χ4v) is 1.60. The van der Waals surface area contributed by atoms with Crippen molar-refractivity contribution in [1.29, 1.82) is 0 Å². The van der Waals surface area contributed by atoms with Crippen molar-refractivity contribution in [3.05, 3.63) is 41.8 Å². The van der Waals surface area contributed by atoms with Crippen molar-refractivity contribution in [3.8, 4) is 11.8 Å². The molecular weight excluding hydrogens is 249 g/mol. The number of nitrogens with one attached hydrogen (secondary N) is 1. The smallest absolute Gasteiger partial charge is 0.318 e. The zero-order valence-corrected chi connectivity index (χ0v) is 10.7. The standard InChI is InChI=1S/C13H14FN3O2/c1-18-11-6-4-3-5-9(11)7-15-12-10(14)8-16-13(17-12)19-2/h3-6,8H,7H2,1-2H3,(H,15,16,17). The SMILES string of the molecule is COc1ncc(F)c(NCc2ccccc2OC)n1. The first-order chi connectivity index (χ1) is 9.24. The molecule has 0 aliphatic rings. The molecule has 6 heteroatoms. The van der Waals surface area contributed by atoms with Crippen LogP contribution in [0, 0.1) is 5.82 Å². The van der Waals surface area contributed by atoms with Crippen LogP contribution in [0.2, 0.25) is 0 Å². The van der Waals surface area contributed by atoms with Crippen molar-refractivity contribution in [2.45, 2.75) is 6.54 Å². The predicted octanol–water partition coefficient (Wildman–Crippen LogP) is 2.25. The van der Waals surface area contributed by atoms with Crippen LogP contribution in [0.15, 0.2) is 30.5 Å². The molecule has 0 atom stereocenters. The van der Waals surface area contributed by atoms with E-state index >= 15 is 0 Å². The first-order valence-electron chi connectivity index (χ1n) is 5.67. The van der Waals surface area contributed by atoms with Crippen molar-refractivity contribution < 1.29 is 13.9 Å². The third-order valence-electron chi connectivity index (χ3n) is 2.54. The summed E-state index contributed by atoms with van der Waals surface area (Å²) in [5.41, 5.74) is 0.905. The molecule has 0 aliphatic carbocycles.